The van der Waals surface area contributed by atoms with Crippen molar-refractivity contribution >= 4 is 16.7 Å². The molecule has 0 bridgehead atoms. The minimum atomic E-state index is -0.880. The fourth-order valence-corrected chi connectivity index (χ4v) is 2.83. The smallest absolute Gasteiger partial charge is 0.250 e. The van der Waals surface area contributed by atoms with Gasteiger partial charge < -0.3 is 10.5 Å². The molecular weight excluding hydrogens is 264 g/mol. The van der Waals surface area contributed by atoms with Crippen LogP contribution in [0.5, 0.6) is 0 Å². The van der Waals surface area contributed by atoms with Crippen molar-refractivity contribution in [1.29, 1.82) is 0 Å². The van der Waals surface area contributed by atoms with Gasteiger partial charge in [-0.3, -0.25) is 9.69 Å². The first kappa shape index (κ1) is 14.0. The van der Waals surface area contributed by atoms with Gasteiger partial charge in [-0.2, -0.15) is 0 Å². The molecule has 2 aromatic carbocycles. The number of benzene rings is 2. The predicted molar refractivity (Wildman–Crippen MR) is 82.8 cm³/mol. The van der Waals surface area contributed by atoms with Crippen LogP contribution >= 0.6 is 0 Å². The fourth-order valence-electron chi connectivity index (χ4n) is 2.83. The third kappa shape index (κ3) is 2.91. The molecule has 4 nitrogen and oxygen atoms in total. The zero-order chi connectivity index (χ0) is 14.9. The highest BCUT2D eigenvalue weighted by atomic mass is 16.5. The van der Waals surface area contributed by atoms with Crippen molar-refractivity contribution < 1.29 is 9.53 Å². The Morgan fingerprint density at radius 2 is 2.05 bits per heavy atom. The van der Waals surface area contributed by atoms with E-state index in [2.05, 4.69) is 35.2 Å². The first-order valence-corrected chi connectivity index (χ1v) is 7.21. The van der Waals surface area contributed by atoms with Gasteiger partial charge in [0.2, 0.25) is 0 Å². The van der Waals surface area contributed by atoms with E-state index in [1.54, 1.807) is 6.92 Å². The molecule has 0 aromatic heterocycles. The highest BCUT2D eigenvalue weighted by molar-refractivity contribution is 5.84. The van der Waals surface area contributed by atoms with Crippen LogP contribution in [0.3, 0.4) is 0 Å². The maximum absolute atomic E-state index is 11.5. The Bertz CT molecular complexity index is 671. The lowest BCUT2D eigenvalue weighted by atomic mass is 10.0. The molecule has 0 unspecified atom stereocenters. The number of morpholine rings is 1. The van der Waals surface area contributed by atoms with Gasteiger partial charge in [-0.15, -0.1) is 0 Å². The SMILES string of the molecule is C[C@]1(C(N)=O)CN(Cc2ccc3ccccc3c2)CCO1. The standard InChI is InChI=1S/C17H20N2O2/c1-17(16(18)20)12-19(8-9-21-17)11-13-6-7-14-4-2-3-5-15(14)10-13/h2-7,10H,8-9,11-12H2,1H3,(H2,18,20)/t17-/m1/s1. The summed E-state index contributed by atoms with van der Waals surface area (Å²) >= 11 is 0. The van der Waals surface area contributed by atoms with Crippen LogP contribution in [0.1, 0.15) is 12.5 Å². The number of fused-ring (bicyclic) bond motifs is 1. The Morgan fingerprint density at radius 3 is 2.81 bits per heavy atom. The number of carbonyl (C=O) groups is 1. The molecule has 1 heterocycles. The van der Waals surface area contributed by atoms with Gasteiger partial charge in [0.15, 0.2) is 5.60 Å². The summed E-state index contributed by atoms with van der Waals surface area (Å²) in [6.45, 7) is 4.46. The third-order valence-corrected chi connectivity index (χ3v) is 4.09. The van der Waals surface area contributed by atoms with E-state index in [4.69, 9.17) is 10.5 Å². The van der Waals surface area contributed by atoms with Crippen LogP contribution in [0.2, 0.25) is 0 Å². The summed E-state index contributed by atoms with van der Waals surface area (Å²) in [5.41, 5.74) is 5.80. The minimum absolute atomic E-state index is 0.397. The third-order valence-electron chi connectivity index (χ3n) is 4.09. The molecule has 1 aliphatic rings. The molecule has 2 aromatic rings. The average Bonchev–Trinajstić information content (AvgIpc) is 2.47. The van der Waals surface area contributed by atoms with Gasteiger partial charge in [0, 0.05) is 19.6 Å². The molecule has 110 valence electrons. The van der Waals surface area contributed by atoms with E-state index < -0.39 is 11.5 Å². The maximum Gasteiger partial charge on any atom is 0.250 e. The Hall–Kier alpha value is -1.91. The van der Waals surface area contributed by atoms with Gasteiger partial charge in [0.1, 0.15) is 0 Å². The van der Waals surface area contributed by atoms with E-state index in [1.807, 2.05) is 12.1 Å². The highest BCUT2D eigenvalue weighted by Gasteiger charge is 2.37. The molecule has 1 amide bonds. The monoisotopic (exact) mass is 284 g/mol. The minimum Gasteiger partial charge on any atom is -0.367 e. The van der Waals surface area contributed by atoms with Crippen molar-refractivity contribution in [2.75, 3.05) is 19.7 Å². The zero-order valence-corrected chi connectivity index (χ0v) is 12.2. The van der Waals surface area contributed by atoms with Crippen molar-refractivity contribution in [2.24, 2.45) is 5.73 Å². The van der Waals surface area contributed by atoms with Gasteiger partial charge in [-0.1, -0.05) is 36.4 Å². The molecule has 1 aliphatic heterocycles. The topological polar surface area (TPSA) is 55.6 Å². The first-order valence-electron chi connectivity index (χ1n) is 7.21. The van der Waals surface area contributed by atoms with Gasteiger partial charge in [0.25, 0.3) is 5.91 Å². The number of primary amides is 1. The molecule has 0 saturated carbocycles. The van der Waals surface area contributed by atoms with Gasteiger partial charge in [0.05, 0.1) is 6.61 Å². The second kappa shape index (κ2) is 5.47. The number of ether oxygens (including phenoxy) is 1. The predicted octanol–water partition coefficient (Wildman–Crippen LogP) is 1.92. The van der Waals surface area contributed by atoms with Crippen LogP contribution in [-0.2, 0) is 16.1 Å². The molecule has 3 rings (SSSR count). The van der Waals surface area contributed by atoms with Crippen molar-refractivity contribution in [2.45, 2.75) is 19.1 Å². The van der Waals surface area contributed by atoms with Crippen molar-refractivity contribution in [3.8, 4) is 0 Å². The number of carbonyl (C=O) groups excluding carboxylic acids is 1. The number of nitrogens with two attached hydrogens (primary N) is 1. The van der Waals surface area contributed by atoms with Crippen LogP contribution in [-0.4, -0.2) is 36.1 Å². The average molecular weight is 284 g/mol. The molecule has 2 N–H and O–H groups in total. The molecule has 0 aliphatic carbocycles. The van der Waals surface area contributed by atoms with E-state index in [1.165, 1.54) is 16.3 Å². The Kier molecular flexibility index (Phi) is 3.66. The number of amides is 1. The lowest BCUT2D eigenvalue weighted by molar-refractivity contribution is -0.153. The van der Waals surface area contributed by atoms with E-state index >= 15 is 0 Å². The van der Waals surface area contributed by atoms with E-state index in [-0.39, 0.29) is 0 Å². The van der Waals surface area contributed by atoms with Crippen LogP contribution in [0.15, 0.2) is 42.5 Å². The number of rotatable bonds is 3. The summed E-state index contributed by atoms with van der Waals surface area (Å²) in [5, 5.41) is 2.48. The summed E-state index contributed by atoms with van der Waals surface area (Å²) in [7, 11) is 0. The Morgan fingerprint density at radius 1 is 1.29 bits per heavy atom. The summed E-state index contributed by atoms with van der Waals surface area (Å²) in [5.74, 6) is -0.397. The second-order valence-corrected chi connectivity index (χ2v) is 5.84. The normalized spacial score (nSPS) is 23.3. The number of nitrogens with zero attached hydrogens (tertiary/aromatic N) is 1. The molecule has 0 spiro atoms. The van der Waals surface area contributed by atoms with Gasteiger partial charge in [-0.25, -0.2) is 0 Å². The number of hydrogen-bond acceptors (Lipinski definition) is 3. The molecule has 0 radical (unpaired) electrons. The van der Waals surface area contributed by atoms with Crippen LogP contribution < -0.4 is 5.73 Å². The highest BCUT2D eigenvalue weighted by Crippen LogP contribution is 2.21. The Balaban J connectivity index is 1.77. The summed E-state index contributed by atoms with van der Waals surface area (Å²) in [6, 6.07) is 14.8. The van der Waals surface area contributed by atoms with Crippen molar-refractivity contribution in [1.82, 2.24) is 4.90 Å². The molecule has 4 heteroatoms. The van der Waals surface area contributed by atoms with Gasteiger partial charge in [-0.05, 0) is 29.3 Å². The number of hydrogen-bond donors (Lipinski definition) is 1. The molecule has 1 atom stereocenters. The lowest BCUT2D eigenvalue weighted by Crippen LogP contribution is -2.56. The van der Waals surface area contributed by atoms with E-state index in [9.17, 15) is 4.79 Å². The second-order valence-electron chi connectivity index (χ2n) is 5.84. The molecular formula is C17H20N2O2. The fraction of sp³-hybridized carbons (Fsp3) is 0.353. The van der Waals surface area contributed by atoms with Crippen molar-refractivity contribution in [3.05, 3.63) is 48.0 Å². The zero-order valence-electron chi connectivity index (χ0n) is 12.2. The van der Waals surface area contributed by atoms with E-state index in [0.717, 1.165) is 13.1 Å². The van der Waals surface area contributed by atoms with Gasteiger partial charge >= 0.3 is 0 Å². The molecule has 1 fully saturated rings. The van der Waals surface area contributed by atoms with Crippen molar-refractivity contribution in [3.63, 3.8) is 0 Å². The quantitative estimate of drug-likeness (QED) is 0.937. The maximum atomic E-state index is 11.5. The Labute approximate surface area is 124 Å². The van der Waals surface area contributed by atoms with Crippen LogP contribution in [0, 0.1) is 0 Å². The molecule has 21 heavy (non-hydrogen) atoms. The summed E-state index contributed by atoms with van der Waals surface area (Å²) in [6.07, 6.45) is 0. The first-order chi connectivity index (χ1) is 10.1. The van der Waals surface area contributed by atoms with Crippen LogP contribution in [0.4, 0.5) is 0 Å². The van der Waals surface area contributed by atoms with Crippen LogP contribution in [0.25, 0.3) is 10.8 Å². The van der Waals surface area contributed by atoms with E-state index in [0.29, 0.717) is 13.2 Å². The summed E-state index contributed by atoms with van der Waals surface area (Å²) < 4.78 is 5.55. The molecule has 1 saturated heterocycles. The lowest BCUT2D eigenvalue weighted by Gasteiger charge is -2.38. The largest absolute Gasteiger partial charge is 0.367 e. The summed E-state index contributed by atoms with van der Waals surface area (Å²) in [4.78, 5) is 13.7.